The van der Waals surface area contributed by atoms with Crippen molar-refractivity contribution in [2.75, 3.05) is 52.6 Å². The van der Waals surface area contributed by atoms with E-state index < -0.39 is 5.97 Å². The highest BCUT2D eigenvalue weighted by atomic mass is 32.1. The number of hydrogen-bond donors (Lipinski definition) is 1. The van der Waals surface area contributed by atoms with E-state index in [1.807, 2.05) is 9.80 Å². The highest BCUT2D eigenvalue weighted by Crippen LogP contribution is 2.40. The minimum absolute atomic E-state index is 0.0135. The fraction of sp³-hybridized carbons (Fsp3) is 0.625. The molecular weight excluding hydrogens is 348 g/mol. The van der Waals surface area contributed by atoms with Crippen molar-refractivity contribution in [3.63, 3.8) is 0 Å². The lowest BCUT2D eigenvalue weighted by molar-refractivity contribution is -0.138. The van der Waals surface area contributed by atoms with Crippen LogP contribution in [0.1, 0.15) is 9.67 Å². The van der Waals surface area contributed by atoms with Crippen molar-refractivity contribution < 1.29 is 28.9 Å². The van der Waals surface area contributed by atoms with E-state index in [2.05, 4.69) is 0 Å². The average Bonchev–Trinajstić information content (AvgIpc) is 2.79. The molecule has 2 fully saturated rings. The number of carbonyl (C=O) groups excluding carboxylic acids is 1. The largest absolute Gasteiger partial charge is 0.485 e. The number of fused-ring (bicyclic) bond motifs is 4. The van der Waals surface area contributed by atoms with Gasteiger partial charge < -0.3 is 24.2 Å². The molecular formula is C16H20N2O6S. The Labute approximate surface area is 148 Å². The average molecular weight is 368 g/mol. The summed E-state index contributed by atoms with van der Waals surface area (Å²) in [7, 11) is 0. The molecule has 3 aliphatic rings. The molecule has 1 amide bonds. The number of aliphatic carboxylic acids is 1. The van der Waals surface area contributed by atoms with E-state index in [0.29, 0.717) is 62.4 Å². The summed E-state index contributed by atoms with van der Waals surface area (Å²) in [5, 5.41) is 10.9. The Bertz CT molecular complexity index is 678. The molecule has 3 aliphatic heterocycles. The second kappa shape index (κ2) is 6.81. The fourth-order valence-corrected chi connectivity index (χ4v) is 4.53. The summed E-state index contributed by atoms with van der Waals surface area (Å²) in [5.74, 6) is 0.319. The van der Waals surface area contributed by atoms with E-state index in [0.717, 1.165) is 0 Å². The Morgan fingerprint density at radius 3 is 2.88 bits per heavy atom. The summed E-state index contributed by atoms with van der Waals surface area (Å²) < 4.78 is 16.9. The summed E-state index contributed by atoms with van der Waals surface area (Å²) in [5.41, 5.74) is 0. The SMILES string of the molecule is O=C(O)CN1C[C@@H]2COC[C@H](C1)N(C(=O)c1scc3c1OCCO3)C2. The van der Waals surface area contributed by atoms with Gasteiger partial charge in [0.05, 0.1) is 25.8 Å². The number of carboxylic acids is 1. The zero-order valence-corrected chi connectivity index (χ0v) is 14.5. The maximum atomic E-state index is 13.2. The molecule has 25 heavy (non-hydrogen) atoms. The molecule has 0 unspecified atom stereocenters. The molecule has 2 saturated heterocycles. The standard InChI is InChI=1S/C16H20N2O6S/c19-13(20)6-17-3-10-4-18(11(5-17)8-22-7-10)16(21)15-14-12(9-25-15)23-1-2-24-14/h9-11H,1-8H2,(H,19,20)/t10-,11-/m0/s1. The topological polar surface area (TPSA) is 88.5 Å². The van der Waals surface area contributed by atoms with Crippen LogP contribution in [-0.2, 0) is 9.53 Å². The molecule has 0 saturated carbocycles. The van der Waals surface area contributed by atoms with E-state index in [-0.39, 0.29) is 24.4 Å². The van der Waals surface area contributed by atoms with Crippen LogP contribution in [0.4, 0.5) is 0 Å². The zero-order chi connectivity index (χ0) is 17.4. The number of carbonyl (C=O) groups is 2. The Hall–Kier alpha value is -1.84. The molecule has 4 rings (SSSR count). The molecule has 0 aliphatic carbocycles. The fourth-order valence-electron chi connectivity index (χ4n) is 3.65. The van der Waals surface area contributed by atoms with E-state index in [1.165, 1.54) is 11.3 Å². The molecule has 8 nitrogen and oxygen atoms in total. The van der Waals surface area contributed by atoms with Crippen LogP contribution in [0.2, 0.25) is 0 Å². The number of thiophene rings is 1. The van der Waals surface area contributed by atoms with Crippen molar-refractivity contribution in [2.24, 2.45) is 5.92 Å². The second-order valence-electron chi connectivity index (χ2n) is 6.56. The van der Waals surface area contributed by atoms with Gasteiger partial charge >= 0.3 is 5.97 Å². The zero-order valence-electron chi connectivity index (χ0n) is 13.7. The van der Waals surface area contributed by atoms with Gasteiger partial charge in [-0.2, -0.15) is 0 Å². The Kier molecular flexibility index (Phi) is 4.53. The van der Waals surface area contributed by atoms with Gasteiger partial charge in [0, 0.05) is 30.9 Å². The minimum Gasteiger partial charge on any atom is -0.485 e. The van der Waals surface area contributed by atoms with Crippen LogP contribution < -0.4 is 9.47 Å². The van der Waals surface area contributed by atoms with Gasteiger partial charge in [-0.1, -0.05) is 0 Å². The monoisotopic (exact) mass is 368 g/mol. The predicted octanol–water partition coefficient (Wildman–Crippen LogP) is 0.377. The quantitative estimate of drug-likeness (QED) is 0.825. The van der Waals surface area contributed by atoms with Gasteiger partial charge in [-0.15, -0.1) is 11.3 Å². The highest BCUT2D eigenvalue weighted by molar-refractivity contribution is 7.12. The van der Waals surface area contributed by atoms with Gasteiger partial charge in [-0.3, -0.25) is 14.5 Å². The maximum absolute atomic E-state index is 13.2. The van der Waals surface area contributed by atoms with Gasteiger partial charge in [-0.25, -0.2) is 0 Å². The Morgan fingerprint density at radius 2 is 2.04 bits per heavy atom. The van der Waals surface area contributed by atoms with Crippen molar-refractivity contribution in [1.82, 2.24) is 9.80 Å². The van der Waals surface area contributed by atoms with Crippen LogP contribution in [0.25, 0.3) is 0 Å². The lowest BCUT2D eigenvalue weighted by atomic mass is 10.1. The molecule has 9 heteroatoms. The van der Waals surface area contributed by atoms with Crippen LogP contribution in [0, 0.1) is 5.92 Å². The van der Waals surface area contributed by atoms with Gasteiger partial charge in [0.15, 0.2) is 11.5 Å². The number of carboxylic acid groups (broad SMARTS) is 1. The van der Waals surface area contributed by atoms with Crippen LogP contribution in [0.3, 0.4) is 0 Å². The van der Waals surface area contributed by atoms with Crippen molar-refractivity contribution >= 4 is 23.2 Å². The molecule has 1 aromatic rings. The van der Waals surface area contributed by atoms with Crippen molar-refractivity contribution in [3.8, 4) is 11.5 Å². The summed E-state index contributed by atoms with van der Waals surface area (Å²) in [6.07, 6.45) is 0. The molecule has 2 atom stereocenters. The number of ether oxygens (including phenoxy) is 3. The molecule has 1 aromatic heterocycles. The van der Waals surface area contributed by atoms with E-state index in [1.54, 1.807) is 5.38 Å². The van der Waals surface area contributed by atoms with Crippen LogP contribution in [-0.4, -0.2) is 85.4 Å². The van der Waals surface area contributed by atoms with Crippen LogP contribution in [0.5, 0.6) is 11.5 Å². The van der Waals surface area contributed by atoms with Crippen molar-refractivity contribution in [3.05, 3.63) is 10.3 Å². The molecule has 136 valence electrons. The lowest BCUT2D eigenvalue weighted by Crippen LogP contribution is -2.47. The normalized spacial score (nSPS) is 26.2. The van der Waals surface area contributed by atoms with Gasteiger partial charge in [-0.05, 0) is 0 Å². The molecule has 1 N–H and O–H groups in total. The Balaban J connectivity index is 1.58. The summed E-state index contributed by atoms with van der Waals surface area (Å²) in [4.78, 5) is 28.5. The first-order valence-corrected chi connectivity index (χ1v) is 9.19. The van der Waals surface area contributed by atoms with Gasteiger partial charge in [0.25, 0.3) is 5.91 Å². The summed E-state index contributed by atoms with van der Waals surface area (Å²) in [6.45, 7) is 3.55. The number of hydrogen-bond acceptors (Lipinski definition) is 7. The first kappa shape index (κ1) is 16.6. The minimum atomic E-state index is -0.850. The predicted molar refractivity (Wildman–Crippen MR) is 88.5 cm³/mol. The van der Waals surface area contributed by atoms with E-state index in [9.17, 15) is 9.59 Å². The van der Waals surface area contributed by atoms with Crippen molar-refractivity contribution in [2.45, 2.75) is 6.04 Å². The third-order valence-corrected chi connectivity index (χ3v) is 5.59. The summed E-state index contributed by atoms with van der Waals surface area (Å²) in [6, 6.07) is -0.165. The maximum Gasteiger partial charge on any atom is 0.317 e. The smallest absolute Gasteiger partial charge is 0.317 e. The Morgan fingerprint density at radius 1 is 1.20 bits per heavy atom. The summed E-state index contributed by atoms with van der Waals surface area (Å²) >= 11 is 1.33. The number of amides is 1. The van der Waals surface area contributed by atoms with Crippen LogP contribution >= 0.6 is 11.3 Å². The van der Waals surface area contributed by atoms with Gasteiger partial charge in [0.2, 0.25) is 0 Å². The number of nitrogens with zero attached hydrogens (tertiary/aromatic N) is 2. The molecule has 0 spiro atoms. The van der Waals surface area contributed by atoms with Gasteiger partial charge in [0.1, 0.15) is 18.1 Å². The molecule has 0 radical (unpaired) electrons. The molecule has 0 aromatic carbocycles. The highest BCUT2D eigenvalue weighted by Gasteiger charge is 2.38. The van der Waals surface area contributed by atoms with E-state index in [4.69, 9.17) is 19.3 Å². The third kappa shape index (κ3) is 3.31. The van der Waals surface area contributed by atoms with E-state index >= 15 is 0 Å². The molecule has 2 bridgehead atoms. The van der Waals surface area contributed by atoms with Crippen LogP contribution in [0.15, 0.2) is 5.38 Å². The molecule has 4 heterocycles. The lowest BCUT2D eigenvalue weighted by Gasteiger charge is -2.30. The van der Waals surface area contributed by atoms with Crippen molar-refractivity contribution in [1.29, 1.82) is 0 Å². The number of rotatable bonds is 3. The first-order valence-electron chi connectivity index (χ1n) is 8.31. The third-order valence-electron chi connectivity index (χ3n) is 4.66. The first-order chi connectivity index (χ1) is 12.1. The second-order valence-corrected chi connectivity index (χ2v) is 7.44.